The van der Waals surface area contributed by atoms with Gasteiger partial charge in [0, 0.05) is 42.3 Å². The molecule has 1 aliphatic heterocycles. The molecule has 1 N–H and O–H groups in total. The lowest BCUT2D eigenvalue weighted by Crippen LogP contribution is -2.45. The van der Waals surface area contributed by atoms with E-state index in [0.29, 0.717) is 6.04 Å². The summed E-state index contributed by atoms with van der Waals surface area (Å²) in [5.41, 5.74) is 1.21. The van der Waals surface area contributed by atoms with E-state index < -0.39 is 0 Å². The molecular weight excluding hydrogens is 279 g/mol. The molecule has 2 nitrogen and oxygen atoms in total. The molecule has 19 heavy (non-hydrogen) atoms. The maximum absolute atomic E-state index is 6.41. The average molecular weight is 299 g/mol. The van der Waals surface area contributed by atoms with Crippen molar-refractivity contribution in [1.82, 2.24) is 10.2 Å². The highest BCUT2D eigenvalue weighted by Crippen LogP contribution is 2.42. The van der Waals surface area contributed by atoms with Crippen LogP contribution in [-0.2, 0) is 0 Å². The highest BCUT2D eigenvalue weighted by molar-refractivity contribution is 6.33. The van der Waals surface area contributed by atoms with E-state index in [0.717, 1.165) is 42.1 Å². The van der Waals surface area contributed by atoms with E-state index in [1.807, 2.05) is 12.1 Å². The summed E-state index contributed by atoms with van der Waals surface area (Å²) < 4.78 is 0. The Morgan fingerprint density at radius 3 is 2.63 bits per heavy atom. The summed E-state index contributed by atoms with van der Waals surface area (Å²) in [6, 6.07) is 6.29. The monoisotopic (exact) mass is 298 g/mol. The van der Waals surface area contributed by atoms with E-state index in [-0.39, 0.29) is 0 Å². The van der Waals surface area contributed by atoms with Crippen LogP contribution in [0.5, 0.6) is 0 Å². The molecule has 104 valence electrons. The molecule has 2 aliphatic rings. The molecule has 0 spiro atoms. The van der Waals surface area contributed by atoms with Crippen molar-refractivity contribution in [3.63, 3.8) is 0 Å². The molecule has 1 aromatic carbocycles. The second kappa shape index (κ2) is 6.01. The summed E-state index contributed by atoms with van der Waals surface area (Å²) in [6.45, 7) is 4.33. The van der Waals surface area contributed by atoms with Crippen LogP contribution in [0.2, 0.25) is 10.0 Å². The van der Waals surface area contributed by atoms with Crippen LogP contribution in [0.1, 0.15) is 30.9 Å². The Labute approximate surface area is 125 Å². The first-order valence-electron chi connectivity index (χ1n) is 7.14. The molecule has 0 bridgehead atoms. The zero-order valence-corrected chi connectivity index (χ0v) is 12.6. The zero-order valence-electron chi connectivity index (χ0n) is 11.0. The van der Waals surface area contributed by atoms with Gasteiger partial charge in [-0.25, -0.2) is 0 Å². The minimum absolute atomic E-state index is 0.431. The van der Waals surface area contributed by atoms with Gasteiger partial charge in [0.15, 0.2) is 0 Å². The van der Waals surface area contributed by atoms with Gasteiger partial charge in [-0.1, -0.05) is 36.0 Å². The molecule has 1 aromatic rings. The Balaban J connectivity index is 1.85. The normalized spacial score (nSPS) is 22.4. The van der Waals surface area contributed by atoms with Gasteiger partial charge in [-0.05, 0) is 36.1 Å². The van der Waals surface area contributed by atoms with Crippen LogP contribution in [0.3, 0.4) is 0 Å². The van der Waals surface area contributed by atoms with Crippen molar-refractivity contribution in [2.45, 2.75) is 25.3 Å². The van der Waals surface area contributed by atoms with Gasteiger partial charge in [-0.3, -0.25) is 4.90 Å². The Bertz CT molecular complexity index is 440. The fraction of sp³-hybridized carbons (Fsp3) is 0.600. The standard InChI is InChI=1S/C15H20Cl2N2/c16-12-3-4-14(17)13(10-12)15(9-11-1-2-11)19-7-5-18-6-8-19/h3-4,10-11,15,18H,1-2,5-9H2/t15-/m0/s1. The predicted molar refractivity (Wildman–Crippen MR) is 81.0 cm³/mol. The molecule has 4 heteroatoms. The van der Waals surface area contributed by atoms with Crippen molar-refractivity contribution >= 4 is 23.2 Å². The SMILES string of the molecule is Clc1ccc(Cl)c([C@H](CC2CC2)N2CCNCC2)c1. The molecule has 1 saturated heterocycles. The predicted octanol–water partition coefficient (Wildman–Crippen LogP) is 3.74. The Hall–Kier alpha value is -0.280. The van der Waals surface area contributed by atoms with E-state index in [1.54, 1.807) is 0 Å². The number of hydrogen-bond acceptors (Lipinski definition) is 2. The number of hydrogen-bond donors (Lipinski definition) is 1. The molecule has 2 fully saturated rings. The summed E-state index contributed by atoms with van der Waals surface area (Å²) >= 11 is 12.6. The highest BCUT2D eigenvalue weighted by atomic mass is 35.5. The number of piperazine rings is 1. The second-order valence-electron chi connectivity index (χ2n) is 5.65. The Kier molecular flexibility index (Phi) is 4.33. The average Bonchev–Trinajstić information content (AvgIpc) is 3.24. The minimum atomic E-state index is 0.431. The number of benzene rings is 1. The van der Waals surface area contributed by atoms with Crippen molar-refractivity contribution < 1.29 is 0 Å². The van der Waals surface area contributed by atoms with E-state index in [1.165, 1.54) is 24.8 Å². The third kappa shape index (κ3) is 3.43. The van der Waals surface area contributed by atoms with Gasteiger partial charge in [0.05, 0.1) is 0 Å². The molecule has 0 radical (unpaired) electrons. The lowest BCUT2D eigenvalue weighted by Gasteiger charge is -2.36. The summed E-state index contributed by atoms with van der Waals surface area (Å²) in [5.74, 6) is 0.884. The largest absolute Gasteiger partial charge is 0.314 e. The van der Waals surface area contributed by atoms with E-state index in [9.17, 15) is 0 Å². The maximum atomic E-state index is 6.41. The van der Waals surface area contributed by atoms with Crippen LogP contribution in [0.15, 0.2) is 18.2 Å². The lowest BCUT2D eigenvalue weighted by atomic mass is 9.98. The summed E-state index contributed by atoms with van der Waals surface area (Å²) in [4.78, 5) is 2.56. The van der Waals surface area contributed by atoms with Crippen molar-refractivity contribution in [1.29, 1.82) is 0 Å². The van der Waals surface area contributed by atoms with Gasteiger partial charge in [0.25, 0.3) is 0 Å². The first-order chi connectivity index (χ1) is 9.24. The van der Waals surface area contributed by atoms with Crippen LogP contribution in [0.25, 0.3) is 0 Å². The molecular formula is C15H20Cl2N2. The van der Waals surface area contributed by atoms with E-state index in [2.05, 4.69) is 16.3 Å². The van der Waals surface area contributed by atoms with E-state index >= 15 is 0 Å². The third-order valence-corrected chi connectivity index (χ3v) is 4.74. The quantitative estimate of drug-likeness (QED) is 0.911. The minimum Gasteiger partial charge on any atom is -0.314 e. The van der Waals surface area contributed by atoms with Crippen LogP contribution in [-0.4, -0.2) is 31.1 Å². The smallest absolute Gasteiger partial charge is 0.0454 e. The molecule has 1 atom stereocenters. The van der Waals surface area contributed by atoms with Gasteiger partial charge >= 0.3 is 0 Å². The molecule has 1 aliphatic carbocycles. The number of halogens is 2. The highest BCUT2D eigenvalue weighted by Gasteiger charge is 2.31. The third-order valence-electron chi connectivity index (χ3n) is 4.16. The van der Waals surface area contributed by atoms with Crippen LogP contribution in [0.4, 0.5) is 0 Å². The van der Waals surface area contributed by atoms with Crippen LogP contribution in [0, 0.1) is 5.92 Å². The molecule has 1 heterocycles. The molecule has 0 unspecified atom stereocenters. The summed E-state index contributed by atoms with van der Waals surface area (Å²) in [6.07, 6.45) is 3.97. The molecule has 0 aromatic heterocycles. The number of nitrogens with zero attached hydrogens (tertiary/aromatic N) is 1. The topological polar surface area (TPSA) is 15.3 Å². The maximum Gasteiger partial charge on any atom is 0.0454 e. The van der Waals surface area contributed by atoms with Gasteiger partial charge in [0.2, 0.25) is 0 Å². The molecule has 0 amide bonds. The fourth-order valence-electron chi connectivity index (χ4n) is 2.91. The van der Waals surface area contributed by atoms with Gasteiger partial charge in [-0.15, -0.1) is 0 Å². The van der Waals surface area contributed by atoms with Crippen molar-refractivity contribution in [2.75, 3.05) is 26.2 Å². The summed E-state index contributed by atoms with van der Waals surface area (Å²) in [5, 5.41) is 5.06. The van der Waals surface area contributed by atoms with Crippen LogP contribution >= 0.6 is 23.2 Å². The number of rotatable bonds is 4. The van der Waals surface area contributed by atoms with Crippen molar-refractivity contribution in [3.05, 3.63) is 33.8 Å². The molecule has 3 rings (SSSR count). The lowest BCUT2D eigenvalue weighted by molar-refractivity contribution is 0.160. The Morgan fingerprint density at radius 1 is 1.21 bits per heavy atom. The van der Waals surface area contributed by atoms with Gasteiger partial charge in [0.1, 0.15) is 0 Å². The van der Waals surface area contributed by atoms with Crippen molar-refractivity contribution in [2.24, 2.45) is 5.92 Å². The zero-order chi connectivity index (χ0) is 13.2. The van der Waals surface area contributed by atoms with Crippen molar-refractivity contribution in [3.8, 4) is 0 Å². The van der Waals surface area contributed by atoms with E-state index in [4.69, 9.17) is 23.2 Å². The summed E-state index contributed by atoms with van der Waals surface area (Å²) in [7, 11) is 0. The first kappa shape index (κ1) is 13.7. The molecule has 1 saturated carbocycles. The number of nitrogens with one attached hydrogen (secondary N) is 1. The Morgan fingerprint density at radius 2 is 1.95 bits per heavy atom. The van der Waals surface area contributed by atoms with Gasteiger partial charge in [-0.2, -0.15) is 0 Å². The van der Waals surface area contributed by atoms with Crippen LogP contribution < -0.4 is 5.32 Å². The fourth-order valence-corrected chi connectivity index (χ4v) is 3.33. The second-order valence-corrected chi connectivity index (χ2v) is 6.49. The van der Waals surface area contributed by atoms with Gasteiger partial charge < -0.3 is 5.32 Å². The first-order valence-corrected chi connectivity index (χ1v) is 7.89.